The van der Waals surface area contributed by atoms with Crippen LogP contribution in [0.2, 0.25) is 0 Å². The fourth-order valence-electron chi connectivity index (χ4n) is 3.32. The van der Waals surface area contributed by atoms with Gasteiger partial charge in [0, 0.05) is 45.5 Å². The maximum absolute atomic E-state index is 12.1. The number of amides is 1. The molecule has 29 heavy (non-hydrogen) atoms. The van der Waals surface area contributed by atoms with E-state index in [2.05, 4.69) is 37.6 Å². The van der Waals surface area contributed by atoms with Crippen molar-refractivity contribution in [3.05, 3.63) is 60.2 Å². The Hall–Kier alpha value is -3.22. The maximum Gasteiger partial charge on any atom is 0.239 e. The highest BCUT2D eigenvalue weighted by atomic mass is 16.5. The predicted octanol–water partition coefficient (Wildman–Crippen LogP) is 1.71. The highest BCUT2D eigenvalue weighted by Crippen LogP contribution is 2.20. The topological polar surface area (TPSA) is 69.2 Å². The van der Waals surface area contributed by atoms with Crippen LogP contribution in [-0.4, -0.2) is 63.6 Å². The average molecular weight is 396 g/mol. The lowest BCUT2D eigenvalue weighted by Crippen LogP contribution is -2.53. The van der Waals surface area contributed by atoms with Gasteiger partial charge in [0.2, 0.25) is 5.91 Å². The van der Waals surface area contributed by atoms with Gasteiger partial charge in [0.15, 0.2) is 5.96 Å². The number of carbonyl (C=O) groups excluding carboxylic acids is 1. The van der Waals surface area contributed by atoms with Crippen LogP contribution in [0.1, 0.15) is 5.56 Å². The zero-order chi connectivity index (χ0) is 20.5. The third-order valence-corrected chi connectivity index (χ3v) is 4.97. The molecule has 1 saturated heterocycles. The van der Waals surface area contributed by atoms with Crippen molar-refractivity contribution >= 4 is 17.6 Å². The monoisotopic (exact) mass is 395 g/mol. The molecule has 7 heteroatoms. The Morgan fingerprint density at radius 2 is 1.69 bits per heavy atom. The minimum absolute atomic E-state index is 0.0492. The highest BCUT2D eigenvalue weighted by molar-refractivity contribution is 5.86. The molecule has 154 valence electrons. The van der Waals surface area contributed by atoms with Crippen LogP contribution in [0.25, 0.3) is 0 Å². The van der Waals surface area contributed by atoms with E-state index in [0.29, 0.717) is 6.54 Å². The predicted molar refractivity (Wildman–Crippen MR) is 116 cm³/mol. The number of anilines is 1. The minimum atomic E-state index is -0.0492. The summed E-state index contributed by atoms with van der Waals surface area (Å²) in [4.78, 5) is 21.0. The molecule has 0 bridgehead atoms. The van der Waals surface area contributed by atoms with Crippen LogP contribution in [-0.2, 0) is 11.3 Å². The van der Waals surface area contributed by atoms with Crippen LogP contribution in [0.3, 0.4) is 0 Å². The Morgan fingerprint density at radius 3 is 2.31 bits per heavy atom. The smallest absolute Gasteiger partial charge is 0.239 e. The number of nitrogens with one attached hydrogen (secondary N) is 2. The van der Waals surface area contributed by atoms with Gasteiger partial charge in [-0.2, -0.15) is 0 Å². The fourth-order valence-corrected chi connectivity index (χ4v) is 3.32. The quantitative estimate of drug-likeness (QED) is 0.576. The molecule has 7 nitrogen and oxygen atoms in total. The van der Waals surface area contributed by atoms with E-state index in [1.807, 2.05) is 42.5 Å². The Kier molecular flexibility index (Phi) is 7.33. The Morgan fingerprint density at radius 1 is 1.00 bits per heavy atom. The van der Waals surface area contributed by atoms with Gasteiger partial charge >= 0.3 is 0 Å². The van der Waals surface area contributed by atoms with E-state index in [1.165, 1.54) is 5.69 Å². The highest BCUT2D eigenvalue weighted by Gasteiger charge is 2.20. The summed E-state index contributed by atoms with van der Waals surface area (Å²) in [7, 11) is 3.42. The minimum Gasteiger partial charge on any atom is -0.497 e. The molecule has 1 aliphatic heterocycles. The molecule has 2 aromatic carbocycles. The molecule has 2 N–H and O–H groups in total. The number of nitrogens with zero attached hydrogens (tertiary/aromatic N) is 3. The van der Waals surface area contributed by atoms with Gasteiger partial charge < -0.3 is 25.2 Å². The van der Waals surface area contributed by atoms with E-state index >= 15 is 0 Å². The standard InChI is InChI=1S/C22H29N5O2/c1-23-22(25-17-21(28)24-16-18-6-4-3-5-7-18)27-14-12-26(13-15-27)19-8-10-20(29-2)11-9-19/h3-11H,12-17H2,1-2H3,(H,23,25)(H,24,28). The van der Waals surface area contributed by atoms with Gasteiger partial charge in [0.1, 0.15) is 5.75 Å². The van der Waals surface area contributed by atoms with Gasteiger partial charge in [-0.3, -0.25) is 9.79 Å². The van der Waals surface area contributed by atoms with Crippen molar-refractivity contribution in [2.24, 2.45) is 4.99 Å². The van der Waals surface area contributed by atoms with Crippen molar-refractivity contribution in [2.75, 3.05) is 51.8 Å². The Balaban J connectivity index is 1.43. The SMILES string of the molecule is CN=C(NCC(=O)NCc1ccccc1)N1CCN(c2ccc(OC)cc2)CC1. The van der Waals surface area contributed by atoms with E-state index in [4.69, 9.17) is 4.74 Å². The number of aliphatic imine (C=N–C) groups is 1. The van der Waals surface area contributed by atoms with Crippen LogP contribution >= 0.6 is 0 Å². The first-order chi connectivity index (χ1) is 14.2. The molecule has 0 unspecified atom stereocenters. The summed E-state index contributed by atoms with van der Waals surface area (Å²) in [5, 5.41) is 6.10. The first kappa shape index (κ1) is 20.5. The lowest BCUT2D eigenvalue weighted by Gasteiger charge is -2.37. The molecule has 0 radical (unpaired) electrons. The van der Waals surface area contributed by atoms with Gasteiger partial charge in [-0.15, -0.1) is 0 Å². The van der Waals surface area contributed by atoms with E-state index < -0.39 is 0 Å². The normalized spacial score (nSPS) is 14.5. The van der Waals surface area contributed by atoms with Gasteiger partial charge in [-0.1, -0.05) is 30.3 Å². The average Bonchev–Trinajstić information content (AvgIpc) is 2.79. The Bertz CT molecular complexity index is 800. The second-order valence-corrected chi connectivity index (χ2v) is 6.84. The van der Waals surface area contributed by atoms with Crippen molar-refractivity contribution in [1.82, 2.24) is 15.5 Å². The maximum atomic E-state index is 12.1. The number of guanidine groups is 1. The largest absolute Gasteiger partial charge is 0.497 e. The molecular formula is C22H29N5O2. The summed E-state index contributed by atoms with van der Waals surface area (Å²) in [6, 6.07) is 18.0. The summed E-state index contributed by atoms with van der Waals surface area (Å²) < 4.78 is 5.22. The number of ether oxygens (including phenoxy) is 1. The zero-order valence-corrected chi connectivity index (χ0v) is 17.1. The molecule has 2 aromatic rings. The lowest BCUT2D eigenvalue weighted by molar-refractivity contribution is -0.120. The zero-order valence-electron chi connectivity index (χ0n) is 17.1. The number of carbonyl (C=O) groups is 1. The molecule has 1 fully saturated rings. The summed E-state index contributed by atoms with van der Waals surface area (Å²) in [6.07, 6.45) is 0. The number of methoxy groups -OCH3 is 1. The van der Waals surface area contributed by atoms with Crippen LogP contribution in [0.4, 0.5) is 5.69 Å². The van der Waals surface area contributed by atoms with E-state index in [9.17, 15) is 4.79 Å². The van der Waals surface area contributed by atoms with Crippen molar-refractivity contribution in [1.29, 1.82) is 0 Å². The van der Waals surface area contributed by atoms with Gasteiger partial charge in [-0.25, -0.2) is 0 Å². The van der Waals surface area contributed by atoms with Gasteiger partial charge in [0.05, 0.1) is 13.7 Å². The molecular weight excluding hydrogens is 366 g/mol. The molecule has 1 amide bonds. The lowest BCUT2D eigenvalue weighted by atomic mass is 10.2. The van der Waals surface area contributed by atoms with E-state index in [1.54, 1.807) is 14.2 Å². The van der Waals surface area contributed by atoms with Crippen molar-refractivity contribution in [3.63, 3.8) is 0 Å². The number of hydrogen-bond donors (Lipinski definition) is 2. The molecule has 1 heterocycles. The number of piperazine rings is 1. The van der Waals surface area contributed by atoms with Crippen molar-refractivity contribution in [2.45, 2.75) is 6.54 Å². The number of rotatable bonds is 6. The van der Waals surface area contributed by atoms with Gasteiger partial charge in [-0.05, 0) is 29.8 Å². The van der Waals surface area contributed by atoms with Crippen LogP contribution in [0, 0.1) is 0 Å². The fraction of sp³-hybridized carbons (Fsp3) is 0.364. The second kappa shape index (κ2) is 10.4. The first-order valence-corrected chi connectivity index (χ1v) is 9.85. The third kappa shape index (κ3) is 5.88. The summed E-state index contributed by atoms with van der Waals surface area (Å²) in [5.74, 6) is 1.57. The third-order valence-electron chi connectivity index (χ3n) is 4.97. The molecule has 0 saturated carbocycles. The number of benzene rings is 2. The van der Waals surface area contributed by atoms with Crippen molar-refractivity contribution < 1.29 is 9.53 Å². The van der Waals surface area contributed by atoms with Crippen LogP contribution in [0.5, 0.6) is 5.75 Å². The molecule has 0 atom stereocenters. The Labute approximate surface area is 172 Å². The summed E-state index contributed by atoms with van der Waals surface area (Å²) in [6.45, 7) is 4.22. The van der Waals surface area contributed by atoms with Gasteiger partial charge in [0.25, 0.3) is 0 Å². The first-order valence-electron chi connectivity index (χ1n) is 9.85. The van der Waals surface area contributed by atoms with E-state index in [-0.39, 0.29) is 12.5 Å². The summed E-state index contributed by atoms with van der Waals surface area (Å²) in [5.41, 5.74) is 2.27. The van der Waals surface area contributed by atoms with Crippen LogP contribution in [0.15, 0.2) is 59.6 Å². The summed E-state index contributed by atoms with van der Waals surface area (Å²) >= 11 is 0. The molecule has 0 aliphatic carbocycles. The molecule has 1 aliphatic rings. The van der Waals surface area contributed by atoms with E-state index in [0.717, 1.165) is 43.5 Å². The second-order valence-electron chi connectivity index (χ2n) is 6.84. The number of hydrogen-bond acceptors (Lipinski definition) is 4. The van der Waals surface area contributed by atoms with Crippen molar-refractivity contribution in [3.8, 4) is 5.75 Å². The van der Waals surface area contributed by atoms with Crippen LogP contribution < -0.4 is 20.3 Å². The molecule has 0 aromatic heterocycles. The molecule has 3 rings (SSSR count). The molecule has 0 spiro atoms.